The number of esters is 1. The molecule has 0 fully saturated rings. The average molecular weight is 254 g/mol. The number of hydrogen-bond donors (Lipinski definition) is 3. The van der Waals surface area contributed by atoms with Crippen molar-refractivity contribution >= 4 is 17.8 Å². The smallest absolute Gasteiger partial charge is 0.326 e. The lowest BCUT2D eigenvalue weighted by Gasteiger charge is -2.13. The van der Waals surface area contributed by atoms with Gasteiger partial charge in [-0.25, -0.2) is 4.79 Å². The number of hydrogen-bond acceptors (Lipinski definition) is 4. The molecular weight excluding hydrogens is 240 g/mol. The monoisotopic (exact) mass is 254 g/mol. The van der Waals surface area contributed by atoms with Crippen LogP contribution in [0.1, 0.15) is 23.3 Å². The summed E-state index contributed by atoms with van der Waals surface area (Å²) in [4.78, 5) is 36.1. The Labute approximate surface area is 103 Å². The summed E-state index contributed by atoms with van der Waals surface area (Å²) in [5, 5.41) is 11.2. The van der Waals surface area contributed by atoms with E-state index < -0.39 is 23.9 Å². The van der Waals surface area contributed by atoms with Gasteiger partial charge in [0.05, 0.1) is 7.11 Å². The minimum atomic E-state index is -1.20. The number of carbonyl (C=O) groups is 3. The summed E-state index contributed by atoms with van der Waals surface area (Å²) in [5.41, 5.74) is 0.263. The molecule has 1 atom stereocenters. The fraction of sp³-hybridized carbons (Fsp3) is 0.364. The van der Waals surface area contributed by atoms with Gasteiger partial charge in [-0.2, -0.15) is 0 Å². The van der Waals surface area contributed by atoms with E-state index in [-0.39, 0.29) is 18.5 Å². The van der Waals surface area contributed by atoms with E-state index in [9.17, 15) is 14.4 Å². The number of aromatic nitrogens is 1. The van der Waals surface area contributed by atoms with Gasteiger partial charge in [0.2, 0.25) is 0 Å². The molecule has 0 bridgehead atoms. The van der Waals surface area contributed by atoms with Gasteiger partial charge in [0.25, 0.3) is 5.91 Å². The van der Waals surface area contributed by atoms with Crippen LogP contribution in [0.3, 0.4) is 0 Å². The summed E-state index contributed by atoms with van der Waals surface area (Å²) in [7, 11) is 1.22. The molecule has 1 amide bonds. The first kappa shape index (κ1) is 13.8. The lowest BCUT2D eigenvalue weighted by atomic mass is 10.1. The van der Waals surface area contributed by atoms with Gasteiger partial charge >= 0.3 is 11.9 Å². The number of carbonyl (C=O) groups excluding carboxylic acids is 2. The van der Waals surface area contributed by atoms with E-state index in [2.05, 4.69) is 15.0 Å². The summed E-state index contributed by atoms with van der Waals surface area (Å²) in [6, 6.07) is 2.02. The van der Waals surface area contributed by atoms with E-state index in [1.807, 2.05) is 0 Å². The van der Waals surface area contributed by atoms with Crippen LogP contribution in [0.15, 0.2) is 18.3 Å². The topological polar surface area (TPSA) is 108 Å². The molecule has 0 spiro atoms. The lowest BCUT2D eigenvalue weighted by molar-refractivity contribution is -0.142. The van der Waals surface area contributed by atoms with Gasteiger partial charge in [-0.05, 0) is 18.6 Å². The molecule has 0 saturated carbocycles. The van der Waals surface area contributed by atoms with E-state index in [0.29, 0.717) is 0 Å². The highest BCUT2D eigenvalue weighted by Crippen LogP contribution is 2.02. The van der Waals surface area contributed by atoms with Crippen molar-refractivity contribution in [1.29, 1.82) is 0 Å². The van der Waals surface area contributed by atoms with Gasteiger partial charge < -0.3 is 20.1 Å². The molecule has 0 aliphatic heterocycles. The first-order valence-electron chi connectivity index (χ1n) is 5.28. The van der Waals surface area contributed by atoms with Crippen molar-refractivity contribution in [3.05, 3.63) is 24.0 Å². The number of aromatic amines is 1. The molecule has 18 heavy (non-hydrogen) atoms. The predicted molar refractivity (Wildman–Crippen MR) is 60.9 cm³/mol. The molecule has 0 aromatic carbocycles. The molecule has 1 aromatic rings. The fourth-order valence-corrected chi connectivity index (χ4v) is 1.33. The Kier molecular flexibility index (Phi) is 4.91. The van der Waals surface area contributed by atoms with Crippen LogP contribution in [0.25, 0.3) is 0 Å². The summed E-state index contributed by atoms with van der Waals surface area (Å²) in [6.45, 7) is 0. The Bertz CT molecular complexity index is 427. The molecule has 1 heterocycles. The van der Waals surface area contributed by atoms with Gasteiger partial charge in [-0.1, -0.05) is 0 Å². The minimum absolute atomic E-state index is 0.0194. The van der Waals surface area contributed by atoms with Crippen molar-refractivity contribution in [3.63, 3.8) is 0 Å². The van der Waals surface area contributed by atoms with Crippen molar-refractivity contribution < 1.29 is 24.2 Å². The molecule has 7 heteroatoms. The number of carboxylic acid groups (broad SMARTS) is 1. The lowest BCUT2D eigenvalue weighted by Crippen LogP contribution is -2.41. The Morgan fingerprint density at radius 1 is 1.50 bits per heavy atom. The van der Waals surface area contributed by atoms with E-state index in [1.165, 1.54) is 13.2 Å². The van der Waals surface area contributed by atoms with E-state index in [4.69, 9.17) is 5.11 Å². The normalized spacial score (nSPS) is 11.6. The molecule has 0 radical (unpaired) electrons. The van der Waals surface area contributed by atoms with Crippen LogP contribution in [0.5, 0.6) is 0 Å². The molecule has 98 valence electrons. The van der Waals surface area contributed by atoms with Crippen LogP contribution >= 0.6 is 0 Å². The minimum Gasteiger partial charge on any atom is -0.480 e. The maximum Gasteiger partial charge on any atom is 0.326 e. The van der Waals surface area contributed by atoms with Gasteiger partial charge in [0.1, 0.15) is 11.7 Å². The van der Waals surface area contributed by atoms with Crippen molar-refractivity contribution in [1.82, 2.24) is 10.3 Å². The second kappa shape index (κ2) is 6.43. The highest BCUT2D eigenvalue weighted by atomic mass is 16.5. The second-order valence-corrected chi connectivity index (χ2v) is 3.56. The summed E-state index contributed by atoms with van der Waals surface area (Å²) < 4.78 is 4.41. The number of carboxylic acids is 1. The third kappa shape index (κ3) is 3.93. The van der Waals surface area contributed by atoms with Gasteiger partial charge in [-0.15, -0.1) is 0 Å². The Morgan fingerprint density at radius 2 is 2.22 bits per heavy atom. The van der Waals surface area contributed by atoms with Crippen LogP contribution in [-0.4, -0.2) is 41.1 Å². The summed E-state index contributed by atoms with van der Waals surface area (Å²) in [6.07, 6.45) is 1.46. The molecule has 0 aliphatic rings. The number of methoxy groups -OCH3 is 1. The zero-order valence-corrected chi connectivity index (χ0v) is 9.80. The summed E-state index contributed by atoms with van der Waals surface area (Å²) in [5.74, 6) is -2.24. The predicted octanol–water partition coefficient (Wildman–Crippen LogP) is 0.151. The van der Waals surface area contributed by atoms with Crippen molar-refractivity contribution in [3.8, 4) is 0 Å². The van der Waals surface area contributed by atoms with Gasteiger partial charge in [0, 0.05) is 12.6 Å². The molecule has 1 rings (SSSR count). The molecule has 0 unspecified atom stereocenters. The fourth-order valence-electron chi connectivity index (χ4n) is 1.33. The molecular formula is C11H14N2O5. The quantitative estimate of drug-likeness (QED) is 0.626. The van der Waals surface area contributed by atoms with Crippen molar-refractivity contribution in [2.45, 2.75) is 18.9 Å². The molecule has 3 N–H and O–H groups in total. The number of H-pyrrole nitrogens is 1. The molecule has 0 aliphatic carbocycles. The first-order chi connectivity index (χ1) is 8.54. The number of ether oxygens (including phenoxy) is 1. The van der Waals surface area contributed by atoms with Gasteiger partial charge in [0.15, 0.2) is 0 Å². The first-order valence-corrected chi connectivity index (χ1v) is 5.28. The highest BCUT2D eigenvalue weighted by molar-refractivity contribution is 5.95. The highest BCUT2D eigenvalue weighted by Gasteiger charge is 2.22. The number of rotatable bonds is 6. The number of aliphatic carboxylic acids is 1. The molecule has 0 saturated heterocycles. The second-order valence-electron chi connectivity index (χ2n) is 3.56. The zero-order chi connectivity index (χ0) is 13.5. The van der Waals surface area contributed by atoms with Crippen molar-refractivity contribution in [2.75, 3.05) is 7.11 Å². The van der Waals surface area contributed by atoms with Crippen LogP contribution in [0.4, 0.5) is 0 Å². The van der Waals surface area contributed by atoms with Crippen LogP contribution < -0.4 is 5.32 Å². The van der Waals surface area contributed by atoms with E-state index in [1.54, 1.807) is 12.3 Å². The van der Waals surface area contributed by atoms with E-state index in [0.717, 1.165) is 0 Å². The largest absolute Gasteiger partial charge is 0.480 e. The standard InChI is InChI=1S/C11H14N2O5/c1-18-9(14)5-4-8(11(16)17)13-10(15)7-3-2-6-12-7/h2-3,6,8,12H,4-5H2,1H3,(H,13,15)(H,16,17)/t8-/m0/s1. The van der Waals surface area contributed by atoms with Crippen LogP contribution in [0.2, 0.25) is 0 Å². The van der Waals surface area contributed by atoms with Crippen LogP contribution in [-0.2, 0) is 14.3 Å². The maximum absolute atomic E-state index is 11.6. The SMILES string of the molecule is COC(=O)CC[C@H](NC(=O)c1ccc[nH]1)C(=O)O. The molecule has 1 aromatic heterocycles. The van der Waals surface area contributed by atoms with Crippen molar-refractivity contribution in [2.24, 2.45) is 0 Å². The van der Waals surface area contributed by atoms with Gasteiger partial charge in [-0.3, -0.25) is 9.59 Å². The van der Waals surface area contributed by atoms with E-state index >= 15 is 0 Å². The third-order valence-corrected chi connectivity index (χ3v) is 2.31. The Balaban J connectivity index is 2.55. The van der Waals surface area contributed by atoms with Crippen LogP contribution in [0, 0.1) is 0 Å². The Hall–Kier alpha value is -2.31. The Morgan fingerprint density at radius 3 is 2.72 bits per heavy atom. The number of nitrogens with one attached hydrogen (secondary N) is 2. The molecule has 7 nitrogen and oxygen atoms in total. The zero-order valence-electron chi connectivity index (χ0n) is 9.80. The average Bonchev–Trinajstić information content (AvgIpc) is 2.87. The summed E-state index contributed by atoms with van der Waals surface area (Å²) >= 11 is 0. The maximum atomic E-state index is 11.6. The third-order valence-electron chi connectivity index (χ3n) is 2.31. The number of amides is 1.